The van der Waals surface area contributed by atoms with Crippen molar-refractivity contribution < 1.29 is 14.3 Å². The topological polar surface area (TPSA) is 67.8 Å². The summed E-state index contributed by atoms with van der Waals surface area (Å²) in [5.74, 6) is -0.461. The zero-order chi connectivity index (χ0) is 19.9. The Morgan fingerprint density at radius 2 is 1.71 bits per heavy atom. The molecule has 0 aliphatic heterocycles. The monoisotopic (exact) mass is 548 g/mol. The first-order valence-electron chi connectivity index (χ1n) is 8.19. The van der Waals surface area contributed by atoms with E-state index in [4.69, 9.17) is 4.74 Å². The van der Waals surface area contributed by atoms with Crippen LogP contribution in [0.2, 0.25) is 0 Å². The summed E-state index contributed by atoms with van der Waals surface area (Å²) in [5.41, 5.74) is 3.97. The second kappa shape index (κ2) is 9.61. The predicted octanol–water partition coefficient (Wildman–Crippen LogP) is 5.04. The number of carbonyl (C=O) groups excluding carboxylic acids is 2. The van der Waals surface area contributed by atoms with Crippen molar-refractivity contribution >= 4 is 56.6 Å². The van der Waals surface area contributed by atoms with Crippen LogP contribution in [0.3, 0.4) is 0 Å². The largest absolute Gasteiger partial charge is 0.422 e. The fourth-order valence-corrected chi connectivity index (χ4v) is 3.22. The van der Waals surface area contributed by atoms with E-state index in [0.717, 1.165) is 8.04 Å². The number of hydrazone groups is 1. The van der Waals surface area contributed by atoms with Gasteiger partial charge >= 0.3 is 5.97 Å². The summed E-state index contributed by atoms with van der Waals surface area (Å²) in [4.78, 5) is 24.5. The first-order chi connectivity index (χ1) is 13.5. The number of benzene rings is 3. The summed E-state index contributed by atoms with van der Waals surface area (Å²) in [6, 6.07) is 21.0. The molecular formula is C21H14BrIN2O3. The molecule has 0 heterocycles. The molecule has 0 spiro atoms. The van der Waals surface area contributed by atoms with Gasteiger partial charge in [-0.25, -0.2) is 10.2 Å². The van der Waals surface area contributed by atoms with E-state index in [1.807, 2.05) is 12.1 Å². The zero-order valence-electron chi connectivity index (χ0n) is 14.4. The molecule has 28 heavy (non-hydrogen) atoms. The minimum atomic E-state index is -0.472. The van der Waals surface area contributed by atoms with Crippen molar-refractivity contribution in [1.82, 2.24) is 5.43 Å². The Labute approximate surface area is 184 Å². The smallest absolute Gasteiger partial charge is 0.343 e. The van der Waals surface area contributed by atoms with Crippen LogP contribution >= 0.6 is 38.5 Å². The Bertz CT molecular complexity index is 1040. The molecule has 1 amide bonds. The summed E-state index contributed by atoms with van der Waals surface area (Å²) in [6.45, 7) is 0. The molecule has 3 rings (SSSR count). The number of hydrogen-bond acceptors (Lipinski definition) is 4. The maximum atomic E-state index is 12.3. The van der Waals surface area contributed by atoms with E-state index in [-0.39, 0.29) is 5.91 Å². The lowest BCUT2D eigenvalue weighted by molar-refractivity contribution is 0.0734. The minimum Gasteiger partial charge on any atom is -0.422 e. The van der Waals surface area contributed by atoms with Crippen molar-refractivity contribution in [3.05, 3.63) is 97.5 Å². The summed E-state index contributed by atoms with van der Waals surface area (Å²) in [5, 5.41) is 3.99. The fourth-order valence-electron chi connectivity index (χ4n) is 2.30. The van der Waals surface area contributed by atoms with Crippen molar-refractivity contribution in [3.8, 4) is 5.75 Å². The minimum absolute atomic E-state index is 0.326. The van der Waals surface area contributed by atoms with E-state index in [1.54, 1.807) is 60.7 Å². The third kappa shape index (κ3) is 5.49. The molecule has 3 aromatic carbocycles. The average Bonchev–Trinajstić information content (AvgIpc) is 2.70. The third-order valence-corrected chi connectivity index (χ3v) is 4.80. The molecule has 0 atom stereocenters. The maximum absolute atomic E-state index is 12.3. The first-order valence-corrected chi connectivity index (χ1v) is 10.1. The van der Waals surface area contributed by atoms with Gasteiger partial charge in [0, 0.05) is 19.2 Å². The number of ether oxygens (including phenoxy) is 1. The number of nitrogens with zero attached hydrogens (tertiary/aromatic N) is 1. The Morgan fingerprint density at radius 3 is 2.46 bits per heavy atom. The second-order valence-corrected chi connectivity index (χ2v) is 7.81. The quantitative estimate of drug-likeness (QED) is 0.160. The van der Waals surface area contributed by atoms with Crippen LogP contribution < -0.4 is 10.2 Å². The molecule has 0 radical (unpaired) electrons. The normalized spacial score (nSPS) is 10.6. The molecular weight excluding hydrogens is 535 g/mol. The lowest BCUT2D eigenvalue weighted by atomic mass is 10.2. The lowest BCUT2D eigenvalue weighted by Crippen LogP contribution is -2.17. The number of rotatable bonds is 5. The van der Waals surface area contributed by atoms with Crippen molar-refractivity contribution in [2.75, 3.05) is 0 Å². The van der Waals surface area contributed by atoms with Crippen LogP contribution in [0.25, 0.3) is 0 Å². The van der Waals surface area contributed by atoms with Crippen LogP contribution in [0.15, 0.2) is 82.4 Å². The van der Waals surface area contributed by atoms with Gasteiger partial charge in [0.1, 0.15) is 5.75 Å². The molecule has 140 valence electrons. The van der Waals surface area contributed by atoms with Crippen LogP contribution in [0.5, 0.6) is 5.75 Å². The molecule has 0 saturated carbocycles. The Balaban J connectivity index is 1.74. The van der Waals surface area contributed by atoms with Crippen LogP contribution in [0.1, 0.15) is 26.3 Å². The lowest BCUT2D eigenvalue weighted by Gasteiger charge is -2.08. The Hall–Kier alpha value is -2.52. The molecule has 0 unspecified atom stereocenters. The van der Waals surface area contributed by atoms with Gasteiger partial charge < -0.3 is 4.74 Å². The molecule has 0 bridgehead atoms. The summed E-state index contributed by atoms with van der Waals surface area (Å²) >= 11 is 5.52. The summed E-state index contributed by atoms with van der Waals surface area (Å²) in [6.07, 6.45) is 1.43. The number of hydrogen-bond donors (Lipinski definition) is 1. The van der Waals surface area contributed by atoms with Crippen molar-refractivity contribution in [1.29, 1.82) is 0 Å². The van der Waals surface area contributed by atoms with Gasteiger partial charge in [-0.2, -0.15) is 5.10 Å². The zero-order valence-corrected chi connectivity index (χ0v) is 18.2. The molecule has 0 aromatic heterocycles. The SMILES string of the molecule is O=C(N/N=C\c1cc(Br)ccc1OC(=O)c1ccccc1)c1cccc(I)c1. The first kappa shape index (κ1) is 20.2. The van der Waals surface area contributed by atoms with Gasteiger partial charge in [0.2, 0.25) is 0 Å². The number of amides is 1. The Kier molecular flexibility index (Phi) is 6.94. The highest BCUT2D eigenvalue weighted by Crippen LogP contribution is 2.23. The number of carbonyl (C=O) groups is 2. The van der Waals surface area contributed by atoms with E-state index in [1.165, 1.54) is 6.21 Å². The van der Waals surface area contributed by atoms with Crippen LogP contribution in [0.4, 0.5) is 0 Å². The summed E-state index contributed by atoms with van der Waals surface area (Å²) in [7, 11) is 0. The van der Waals surface area contributed by atoms with Gasteiger partial charge in [-0.05, 0) is 71.1 Å². The molecule has 3 aromatic rings. The maximum Gasteiger partial charge on any atom is 0.343 e. The van der Waals surface area contributed by atoms with E-state index in [9.17, 15) is 9.59 Å². The highest BCUT2D eigenvalue weighted by molar-refractivity contribution is 14.1. The van der Waals surface area contributed by atoms with Gasteiger partial charge in [0.05, 0.1) is 11.8 Å². The molecule has 0 saturated heterocycles. The molecule has 0 aliphatic carbocycles. The summed E-state index contributed by atoms with van der Waals surface area (Å²) < 4.78 is 7.22. The van der Waals surface area contributed by atoms with E-state index in [0.29, 0.717) is 22.4 Å². The van der Waals surface area contributed by atoms with Crippen LogP contribution in [0, 0.1) is 3.57 Å². The highest BCUT2D eigenvalue weighted by atomic mass is 127. The van der Waals surface area contributed by atoms with E-state index >= 15 is 0 Å². The predicted molar refractivity (Wildman–Crippen MR) is 120 cm³/mol. The van der Waals surface area contributed by atoms with E-state index < -0.39 is 5.97 Å². The molecule has 7 heteroatoms. The van der Waals surface area contributed by atoms with Gasteiger partial charge in [-0.1, -0.05) is 40.2 Å². The van der Waals surface area contributed by atoms with Gasteiger partial charge in [-0.15, -0.1) is 0 Å². The molecule has 0 fully saturated rings. The number of nitrogens with one attached hydrogen (secondary N) is 1. The average molecular weight is 549 g/mol. The van der Waals surface area contributed by atoms with Gasteiger partial charge in [0.25, 0.3) is 5.91 Å². The van der Waals surface area contributed by atoms with Crippen molar-refractivity contribution in [3.63, 3.8) is 0 Å². The molecule has 0 aliphatic rings. The van der Waals surface area contributed by atoms with Crippen molar-refractivity contribution in [2.45, 2.75) is 0 Å². The number of halogens is 2. The van der Waals surface area contributed by atoms with Gasteiger partial charge in [-0.3, -0.25) is 4.79 Å². The van der Waals surface area contributed by atoms with Gasteiger partial charge in [0.15, 0.2) is 0 Å². The highest BCUT2D eigenvalue weighted by Gasteiger charge is 2.11. The van der Waals surface area contributed by atoms with Crippen molar-refractivity contribution in [2.24, 2.45) is 5.10 Å². The molecule has 1 N–H and O–H groups in total. The number of esters is 1. The van der Waals surface area contributed by atoms with Crippen LogP contribution in [-0.2, 0) is 0 Å². The fraction of sp³-hybridized carbons (Fsp3) is 0. The van der Waals surface area contributed by atoms with E-state index in [2.05, 4.69) is 49.0 Å². The Morgan fingerprint density at radius 1 is 0.964 bits per heavy atom. The molecule has 5 nitrogen and oxygen atoms in total. The standard InChI is InChI=1S/C21H14BrIN2O3/c22-17-9-10-19(28-21(27)14-5-2-1-3-6-14)16(11-17)13-24-25-20(26)15-7-4-8-18(23)12-15/h1-13H,(H,25,26)/b24-13-. The van der Waals surface area contributed by atoms with Crippen LogP contribution in [-0.4, -0.2) is 18.1 Å². The second-order valence-electron chi connectivity index (χ2n) is 5.65. The third-order valence-electron chi connectivity index (χ3n) is 3.64.